The van der Waals surface area contributed by atoms with Crippen molar-refractivity contribution in [3.8, 4) is 0 Å². The Labute approximate surface area is 141 Å². The molecule has 2 aromatic carbocycles. The molecule has 0 bridgehead atoms. The number of alkyl carbamates (subject to hydrolysis) is 1. The number of amides is 1. The molecule has 2 unspecified atom stereocenters. The number of carbonyl (C=O) groups excluding carboxylic acids is 1. The van der Waals surface area contributed by atoms with Gasteiger partial charge in [-0.15, -0.1) is 0 Å². The molecule has 4 heteroatoms. The fraction of sp³-hybridized carbons (Fsp3) is 0.350. The minimum absolute atomic E-state index is 0.188. The summed E-state index contributed by atoms with van der Waals surface area (Å²) >= 11 is 0. The van der Waals surface area contributed by atoms with Crippen molar-refractivity contribution in [1.29, 1.82) is 0 Å². The van der Waals surface area contributed by atoms with Crippen molar-refractivity contribution in [3.05, 3.63) is 71.8 Å². The number of rotatable bonds is 3. The second kappa shape index (κ2) is 5.62. The highest BCUT2D eigenvalue weighted by Gasteiger charge is 2.72. The quantitative estimate of drug-likeness (QED) is 0.889. The van der Waals surface area contributed by atoms with Crippen LogP contribution in [0.2, 0.25) is 0 Å². The Hall–Kier alpha value is -2.36. The fourth-order valence-electron chi connectivity index (χ4n) is 3.12. The maximum absolute atomic E-state index is 15.8. The van der Waals surface area contributed by atoms with Crippen LogP contribution < -0.4 is 5.32 Å². The van der Waals surface area contributed by atoms with Crippen LogP contribution in [-0.2, 0) is 15.9 Å². The molecule has 3 nitrogen and oxygen atoms in total. The third-order valence-corrected chi connectivity index (χ3v) is 4.27. The van der Waals surface area contributed by atoms with E-state index in [0.717, 1.165) is 5.56 Å². The van der Waals surface area contributed by atoms with Gasteiger partial charge in [0.15, 0.2) is 5.67 Å². The van der Waals surface area contributed by atoms with Crippen LogP contribution in [0.15, 0.2) is 60.7 Å². The molecule has 1 aliphatic rings. The van der Waals surface area contributed by atoms with Crippen LogP contribution in [0.25, 0.3) is 0 Å². The number of hydrogen-bond donors (Lipinski definition) is 1. The predicted octanol–water partition coefficient (Wildman–Crippen LogP) is 4.68. The second-order valence-electron chi connectivity index (χ2n) is 7.24. The molecular weight excluding hydrogens is 305 g/mol. The van der Waals surface area contributed by atoms with Gasteiger partial charge in [-0.25, -0.2) is 9.18 Å². The van der Waals surface area contributed by atoms with Gasteiger partial charge in [0.2, 0.25) is 0 Å². The normalized spacial score (nSPS) is 25.8. The molecule has 1 fully saturated rings. The Morgan fingerprint density at radius 3 is 2.00 bits per heavy atom. The lowest BCUT2D eigenvalue weighted by Gasteiger charge is -2.26. The Morgan fingerprint density at radius 1 is 1.00 bits per heavy atom. The molecule has 1 N–H and O–H groups in total. The van der Waals surface area contributed by atoms with Crippen molar-refractivity contribution < 1.29 is 13.9 Å². The molecule has 0 aliphatic heterocycles. The molecule has 2 atom stereocenters. The van der Waals surface area contributed by atoms with Gasteiger partial charge in [0.05, 0.1) is 0 Å². The van der Waals surface area contributed by atoms with Gasteiger partial charge in [0.25, 0.3) is 0 Å². The molecule has 0 saturated heterocycles. The third-order valence-electron chi connectivity index (χ3n) is 4.27. The maximum Gasteiger partial charge on any atom is 0.408 e. The monoisotopic (exact) mass is 327 g/mol. The zero-order valence-electron chi connectivity index (χ0n) is 14.2. The Kier molecular flexibility index (Phi) is 3.86. The highest BCUT2D eigenvalue weighted by Crippen LogP contribution is 2.64. The Morgan fingerprint density at radius 2 is 1.50 bits per heavy atom. The molecule has 2 aromatic rings. The summed E-state index contributed by atoms with van der Waals surface area (Å²) < 4.78 is 21.1. The third kappa shape index (κ3) is 2.88. The van der Waals surface area contributed by atoms with Crippen molar-refractivity contribution in [1.82, 2.24) is 5.32 Å². The van der Waals surface area contributed by atoms with Crippen LogP contribution in [0.5, 0.6) is 0 Å². The molecule has 0 radical (unpaired) electrons. The van der Waals surface area contributed by atoms with E-state index < -0.39 is 22.9 Å². The molecular formula is C20H22FNO2. The van der Waals surface area contributed by atoms with E-state index >= 15 is 4.39 Å². The average Bonchev–Trinajstić information content (AvgIpc) is 3.14. The number of nitrogens with one attached hydrogen (secondary N) is 1. The zero-order valence-corrected chi connectivity index (χ0v) is 14.2. The van der Waals surface area contributed by atoms with Crippen molar-refractivity contribution in [2.45, 2.75) is 44.0 Å². The van der Waals surface area contributed by atoms with Gasteiger partial charge in [-0.05, 0) is 31.9 Å². The van der Waals surface area contributed by atoms with E-state index in [0.29, 0.717) is 5.56 Å². The summed E-state index contributed by atoms with van der Waals surface area (Å²) in [5.41, 5.74) is -2.08. The molecule has 24 heavy (non-hydrogen) atoms. The molecule has 126 valence electrons. The van der Waals surface area contributed by atoms with Gasteiger partial charge in [-0.2, -0.15) is 0 Å². The Bertz CT molecular complexity index is 726. The summed E-state index contributed by atoms with van der Waals surface area (Å²) in [6.45, 7) is 5.36. The van der Waals surface area contributed by atoms with E-state index in [4.69, 9.17) is 4.74 Å². The summed E-state index contributed by atoms with van der Waals surface area (Å²) in [4.78, 5) is 12.3. The zero-order chi connectivity index (χ0) is 17.4. The second-order valence-corrected chi connectivity index (χ2v) is 7.24. The van der Waals surface area contributed by atoms with Crippen molar-refractivity contribution >= 4 is 6.09 Å². The first-order valence-electron chi connectivity index (χ1n) is 8.08. The number of benzene rings is 2. The Balaban J connectivity index is 1.95. The standard InChI is InChI=1S/C20H22FNO2/c1-18(2,3)24-17(23)22-20(16-12-8-5-9-13-16)14-19(20,21)15-10-6-4-7-11-15/h4-13H,14H2,1-3H3,(H,22,23). The predicted molar refractivity (Wildman–Crippen MR) is 91.3 cm³/mol. The van der Waals surface area contributed by atoms with Gasteiger partial charge in [-0.3, -0.25) is 0 Å². The first kappa shape index (κ1) is 16.5. The van der Waals surface area contributed by atoms with E-state index in [1.807, 2.05) is 36.4 Å². The summed E-state index contributed by atoms with van der Waals surface area (Å²) in [6, 6.07) is 18.2. The van der Waals surface area contributed by atoms with Gasteiger partial charge in [0, 0.05) is 6.42 Å². The van der Waals surface area contributed by atoms with Gasteiger partial charge < -0.3 is 10.1 Å². The first-order chi connectivity index (χ1) is 11.3. The van der Waals surface area contributed by atoms with Crippen LogP contribution in [0, 0.1) is 0 Å². The highest BCUT2D eigenvalue weighted by molar-refractivity contribution is 5.71. The van der Waals surface area contributed by atoms with Crippen molar-refractivity contribution in [3.63, 3.8) is 0 Å². The molecule has 0 aromatic heterocycles. The van der Waals surface area contributed by atoms with E-state index in [9.17, 15) is 4.79 Å². The van der Waals surface area contributed by atoms with Crippen molar-refractivity contribution in [2.75, 3.05) is 0 Å². The lowest BCUT2D eigenvalue weighted by Crippen LogP contribution is -2.42. The lowest BCUT2D eigenvalue weighted by atomic mass is 9.97. The topological polar surface area (TPSA) is 38.3 Å². The first-order valence-corrected chi connectivity index (χ1v) is 8.08. The maximum atomic E-state index is 15.8. The van der Waals surface area contributed by atoms with Gasteiger partial charge in [-0.1, -0.05) is 60.7 Å². The van der Waals surface area contributed by atoms with Crippen LogP contribution in [0.1, 0.15) is 38.3 Å². The van der Waals surface area contributed by atoms with Crippen LogP contribution in [-0.4, -0.2) is 11.7 Å². The van der Waals surface area contributed by atoms with Crippen LogP contribution in [0.4, 0.5) is 9.18 Å². The number of ether oxygens (including phenoxy) is 1. The summed E-state index contributed by atoms with van der Waals surface area (Å²) in [6.07, 6.45) is -0.422. The SMILES string of the molecule is CC(C)(C)OC(=O)NC1(c2ccccc2)CC1(F)c1ccccc1. The minimum atomic E-state index is -1.65. The molecule has 0 heterocycles. The smallest absolute Gasteiger partial charge is 0.408 e. The van der Waals surface area contributed by atoms with Crippen LogP contribution in [0.3, 0.4) is 0 Å². The highest BCUT2D eigenvalue weighted by atomic mass is 19.1. The van der Waals surface area contributed by atoms with E-state index in [-0.39, 0.29) is 6.42 Å². The summed E-state index contributed by atoms with van der Waals surface area (Å²) in [5, 5.41) is 2.79. The van der Waals surface area contributed by atoms with E-state index in [2.05, 4.69) is 5.32 Å². The number of hydrogen-bond acceptors (Lipinski definition) is 2. The number of carbonyl (C=O) groups is 1. The molecule has 1 aliphatic carbocycles. The largest absolute Gasteiger partial charge is 0.444 e. The number of alkyl halides is 1. The molecule has 0 spiro atoms. The summed E-state index contributed by atoms with van der Waals surface area (Å²) in [7, 11) is 0. The fourth-order valence-corrected chi connectivity index (χ4v) is 3.12. The minimum Gasteiger partial charge on any atom is -0.444 e. The van der Waals surface area contributed by atoms with Gasteiger partial charge >= 0.3 is 6.09 Å². The molecule has 1 saturated carbocycles. The average molecular weight is 327 g/mol. The van der Waals surface area contributed by atoms with E-state index in [1.54, 1.807) is 45.0 Å². The van der Waals surface area contributed by atoms with E-state index in [1.165, 1.54) is 0 Å². The van der Waals surface area contributed by atoms with Crippen LogP contribution >= 0.6 is 0 Å². The molecule has 3 rings (SSSR count). The lowest BCUT2D eigenvalue weighted by molar-refractivity contribution is 0.0467. The molecule has 1 amide bonds. The van der Waals surface area contributed by atoms with Gasteiger partial charge in [0.1, 0.15) is 11.1 Å². The number of halogens is 1. The summed E-state index contributed by atoms with van der Waals surface area (Å²) in [5.74, 6) is 0. The van der Waals surface area contributed by atoms with Crippen molar-refractivity contribution in [2.24, 2.45) is 0 Å².